The summed E-state index contributed by atoms with van der Waals surface area (Å²) in [5.41, 5.74) is 4.84. The largest absolute Gasteiger partial charge is 0.396 e. The van der Waals surface area contributed by atoms with Gasteiger partial charge in [0.25, 0.3) is 5.91 Å². The SMILES string of the molecule is C=CNC(=O)c1ccc(-c2c(CN3CCC(CCO)CC3)[nH]c3ncccc23)cc1. The van der Waals surface area contributed by atoms with E-state index in [-0.39, 0.29) is 12.5 Å². The predicted molar refractivity (Wildman–Crippen MR) is 119 cm³/mol. The second-order valence-electron chi connectivity index (χ2n) is 7.86. The molecule has 2 aromatic heterocycles. The van der Waals surface area contributed by atoms with Gasteiger partial charge in [-0.05, 0) is 74.3 Å². The monoisotopic (exact) mass is 404 g/mol. The zero-order valence-corrected chi connectivity index (χ0v) is 17.1. The number of fused-ring (bicyclic) bond motifs is 1. The topological polar surface area (TPSA) is 81.3 Å². The van der Waals surface area contributed by atoms with Gasteiger partial charge >= 0.3 is 0 Å². The number of aliphatic hydroxyl groups excluding tert-OH is 1. The zero-order valence-electron chi connectivity index (χ0n) is 17.1. The molecule has 4 rings (SSSR count). The molecule has 30 heavy (non-hydrogen) atoms. The van der Waals surface area contributed by atoms with Gasteiger partial charge in [-0.1, -0.05) is 18.7 Å². The molecule has 0 spiro atoms. The van der Waals surface area contributed by atoms with Gasteiger partial charge < -0.3 is 15.4 Å². The molecule has 0 unspecified atom stereocenters. The van der Waals surface area contributed by atoms with Crippen molar-refractivity contribution < 1.29 is 9.90 Å². The third-order valence-electron chi connectivity index (χ3n) is 5.94. The Balaban J connectivity index is 1.61. The number of aromatic nitrogens is 2. The summed E-state index contributed by atoms with van der Waals surface area (Å²) >= 11 is 0. The molecule has 3 aromatic rings. The average Bonchev–Trinajstić information content (AvgIpc) is 3.13. The molecule has 0 saturated carbocycles. The number of likely N-dealkylation sites (tertiary alicyclic amines) is 1. The minimum Gasteiger partial charge on any atom is -0.396 e. The van der Waals surface area contributed by atoms with Gasteiger partial charge in [0, 0.05) is 41.6 Å². The lowest BCUT2D eigenvalue weighted by Crippen LogP contribution is -2.33. The summed E-state index contributed by atoms with van der Waals surface area (Å²) < 4.78 is 0. The minimum atomic E-state index is -0.164. The van der Waals surface area contributed by atoms with Gasteiger partial charge in [0.05, 0.1) is 0 Å². The summed E-state index contributed by atoms with van der Waals surface area (Å²) in [6, 6.07) is 11.7. The number of carbonyl (C=O) groups excluding carboxylic acids is 1. The molecular formula is C24H28N4O2. The molecule has 1 fully saturated rings. The molecular weight excluding hydrogens is 376 g/mol. The Kier molecular flexibility index (Phi) is 6.26. The van der Waals surface area contributed by atoms with Crippen LogP contribution in [-0.4, -0.2) is 45.6 Å². The molecule has 0 aliphatic carbocycles. The number of aliphatic hydroxyl groups is 1. The summed E-state index contributed by atoms with van der Waals surface area (Å²) in [6.07, 6.45) is 6.35. The van der Waals surface area contributed by atoms with Crippen LogP contribution in [0.5, 0.6) is 0 Å². The van der Waals surface area contributed by atoms with E-state index < -0.39 is 0 Å². The van der Waals surface area contributed by atoms with Crippen LogP contribution in [0.25, 0.3) is 22.2 Å². The number of nitrogens with zero attached hydrogens (tertiary/aromatic N) is 2. The van der Waals surface area contributed by atoms with Gasteiger partial charge in [0.2, 0.25) is 0 Å². The molecule has 1 aromatic carbocycles. The Morgan fingerprint density at radius 2 is 2.03 bits per heavy atom. The highest BCUT2D eigenvalue weighted by atomic mass is 16.3. The molecule has 3 N–H and O–H groups in total. The number of hydrogen-bond donors (Lipinski definition) is 3. The maximum atomic E-state index is 12.0. The standard InChI is InChI=1S/C24H28N4O2/c1-2-25-24(30)19-7-5-18(6-8-19)22-20-4-3-12-26-23(20)27-21(22)16-28-13-9-17(10-14-28)11-15-29/h2-8,12,17,29H,1,9-11,13-16H2,(H,25,30)(H,26,27). The van der Waals surface area contributed by atoms with Gasteiger partial charge in [-0.25, -0.2) is 4.98 Å². The number of carbonyl (C=O) groups is 1. The minimum absolute atomic E-state index is 0.164. The Hall–Kier alpha value is -2.96. The lowest BCUT2D eigenvalue weighted by Gasteiger charge is -2.31. The number of nitrogens with one attached hydrogen (secondary N) is 2. The van der Waals surface area contributed by atoms with Crippen LogP contribution in [0.1, 0.15) is 35.3 Å². The van der Waals surface area contributed by atoms with Crippen LogP contribution in [0.15, 0.2) is 55.4 Å². The quantitative estimate of drug-likeness (QED) is 0.561. The van der Waals surface area contributed by atoms with Crippen molar-refractivity contribution in [3.8, 4) is 11.1 Å². The molecule has 0 atom stereocenters. The van der Waals surface area contributed by atoms with Crippen molar-refractivity contribution in [2.24, 2.45) is 5.92 Å². The second-order valence-corrected chi connectivity index (χ2v) is 7.86. The van der Waals surface area contributed by atoms with E-state index in [1.165, 1.54) is 6.20 Å². The van der Waals surface area contributed by atoms with Gasteiger partial charge in [-0.15, -0.1) is 0 Å². The van der Waals surface area contributed by atoms with Gasteiger partial charge in [0.1, 0.15) is 5.65 Å². The summed E-state index contributed by atoms with van der Waals surface area (Å²) in [7, 11) is 0. The number of amides is 1. The fourth-order valence-electron chi connectivity index (χ4n) is 4.33. The van der Waals surface area contributed by atoms with Crippen LogP contribution < -0.4 is 5.32 Å². The van der Waals surface area contributed by atoms with Crippen molar-refractivity contribution in [2.75, 3.05) is 19.7 Å². The van der Waals surface area contributed by atoms with Crippen molar-refractivity contribution in [3.63, 3.8) is 0 Å². The van der Waals surface area contributed by atoms with E-state index in [9.17, 15) is 9.90 Å². The second kappa shape index (κ2) is 9.24. The van der Waals surface area contributed by atoms with E-state index >= 15 is 0 Å². The van der Waals surface area contributed by atoms with Crippen molar-refractivity contribution in [3.05, 3.63) is 66.6 Å². The molecule has 0 radical (unpaired) electrons. The number of hydrogen-bond acceptors (Lipinski definition) is 4. The Labute approximate surface area is 176 Å². The van der Waals surface area contributed by atoms with Gasteiger partial charge in [-0.2, -0.15) is 0 Å². The molecule has 1 amide bonds. The maximum absolute atomic E-state index is 12.0. The third-order valence-corrected chi connectivity index (χ3v) is 5.94. The first-order valence-electron chi connectivity index (χ1n) is 10.5. The first-order chi connectivity index (χ1) is 14.7. The number of H-pyrrole nitrogens is 1. The van der Waals surface area contributed by atoms with Crippen molar-refractivity contribution in [1.29, 1.82) is 0 Å². The van der Waals surface area contributed by atoms with Gasteiger partial charge in [0.15, 0.2) is 0 Å². The van der Waals surface area contributed by atoms with Crippen LogP contribution in [0.2, 0.25) is 0 Å². The smallest absolute Gasteiger partial charge is 0.255 e. The lowest BCUT2D eigenvalue weighted by molar-refractivity contribution is 0.0970. The zero-order chi connectivity index (χ0) is 20.9. The van der Waals surface area contributed by atoms with E-state index in [0.717, 1.165) is 66.8 Å². The van der Waals surface area contributed by atoms with Crippen molar-refractivity contribution >= 4 is 16.9 Å². The molecule has 0 bridgehead atoms. The molecule has 1 aliphatic heterocycles. The normalized spacial score (nSPS) is 15.4. The Bertz CT molecular complexity index is 1020. The first-order valence-corrected chi connectivity index (χ1v) is 10.5. The average molecular weight is 405 g/mol. The highest BCUT2D eigenvalue weighted by molar-refractivity contribution is 5.98. The number of rotatable bonds is 7. The summed E-state index contributed by atoms with van der Waals surface area (Å²) in [6.45, 7) is 6.72. The van der Waals surface area contributed by atoms with Crippen molar-refractivity contribution in [1.82, 2.24) is 20.2 Å². The molecule has 1 saturated heterocycles. The Morgan fingerprint density at radius 1 is 1.27 bits per heavy atom. The van der Waals surface area contributed by atoms with E-state index in [1.54, 1.807) is 6.20 Å². The van der Waals surface area contributed by atoms with Gasteiger partial charge in [-0.3, -0.25) is 9.69 Å². The maximum Gasteiger partial charge on any atom is 0.255 e. The molecule has 6 nitrogen and oxygen atoms in total. The summed E-state index contributed by atoms with van der Waals surface area (Å²) in [4.78, 5) is 22.5. The van der Waals surface area contributed by atoms with Crippen LogP contribution >= 0.6 is 0 Å². The number of pyridine rings is 1. The number of piperidine rings is 1. The van der Waals surface area contributed by atoms with E-state index in [4.69, 9.17) is 0 Å². The molecule has 3 heterocycles. The van der Waals surface area contributed by atoms with Crippen LogP contribution in [0.4, 0.5) is 0 Å². The first kappa shape index (κ1) is 20.3. The summed E-state index contributed by atoms with van der Waals surface area (Å²) in [5.74, 6) is 0.465. The third kappa shape index (κ3) is 4.30. The molecule has 6 heteroatoms. The van der Waals surface area contributed by atoms with E-state index in [2.05, 4.69) is 32.8 Å². The summed E-state index contributed by atoms with van der Waals surface area (Å²) in [5, 5.41) is 12.9. The molecule has 1 aliphatic rings. The molecule has 156 valence electrons. The highest BCUT2D eigenvalue weighted by Crippen LogP contribution is 2.33. The van der Waals surface area contributed by atoms with E-state index in [1.807, 2.05) is 30.3 Å². The lowest BCUT2D eigenvalue weighted by atomic mass is 9.93. The fourth-order valence-corrected chi connectivity index (χ4v) is 4.33. The van der Waals surface area contributed by atoms with E-state index in [0.29, 0.717) is 11.5 Å². The Morgan fingerprint density at radius 3 is 2.73 bits per heavy atom. The van der Waals surface area contributed by atoms with Crippen LogP contribution in [0.3, 0.4) is 0 Å². The fraction of sp³-hybridized carbons (Fsp3) is 0.333. The number of benzene rings is 1. The van der Waals surface area contributed by atoms with Crippen LogP contribution in [-0.2, 0) is 6.54 Å². The highest BCUT2D eigenvalue weighted by Gasteiger charge is 2.22. The predicted octanol–water partition coefficient (Wildman–Crippen LogP) is 3.70. The number of aromatic amines is 1. The van der Waals surface area contributed by atoms with Crippen LogP contribution in [0, 0.1) is 5.92 Å². The van der Waals surface area contributed by atoms with Crippen molar-refractivity contribution in [2.45, 2.75) is 25.8 Å².